The molecule has 148 valence electrons. The third kappa shape index (κ3) is 3.15. The molecule has 5 nitrogen and oxygen atoms in total. The van der Waals surface area contributed by atoms with Crippen LogP contribution >= 0.6 is 0 Å². The second kappa shape index (κ2) is 7.06. The first-order valence-corrected chi connectivity index (χ1v) is 10.3. The Morgan fingerprint density at radius 3 is 2.71 bits per heavy atom. The summed E-state index contributed by atoms with van der Waals surface area (Å²) in [6.07, 6.45) is 4.39. The molecule has 2 aliphatic heterocycles. The Labute approximate surface area is 179 Å². The molecule has 0 saturated carbocycles. The summed E-state index contributed by atoms with van der Waals surface area (Å²) in [7, 11) is 0. The minimum Gasteiger partial charge on any atom is -0.292 e. The highest BCUT2D eigenvalue weighted by molar-refractivity contribution is 6.42. The van der Waals surface area contributed by atoms with Gasteiger partial charge in [-0.1, -0.05) is 30.3 Å². The van der Waals surface area contributed by atoms with E-state index in [1.165, 1.54) is 5.56 Å². The van der Waals surface area contributed by atoms with Crippen LogP contribution in [0.5, 0.6) is 0 Å². The molecule has 0 saturated heterocycles. The number of pyridine rings is 2. The Kier molecular flexibility index (Phi) is 4.06. The summed E-state index contributed by atoms with van der Waals surface area (Å²) in [5.74, 6) is 0.0298. The summed E-state index contributed by atoms with van der Waals surface area (Å²) in [5.41, 5.74) is 8.56. The number of Topliss-reactive ketones (excluding diaryl/α,β-unsaturated/α-hetero) is 1. The van der Waals surface area contributed by atoms with E-state index in [2.05, 4.69) is 27.1 Å². The van der Waals surface area contributed by atoms with Gasteiger partial charge in [0, 0.05) is 41.0 Å². The number of benzene rings is 2. The van der Waals surface area contributed by atoms with Gasteiger partial charge < -0.3 is 0 Å². The minimum absolute atomic E-state index is 0.0298. The summed E-state index contributed by atoms with van der Waals surface area (Å²) in [4.78, 5) is 31.1. The monoisotopic (exact) mass is 402 g/mol. The Hall–Kier alpha value is -3.99. The Bertz CT molecular complexity index is 1420. The van der Waals surface area contributed by atoms with Crippen molar-refractivity contribution in [2.24, 2.45) is 9.98 Å². The molecule has 4 aromatic rings. The molecule has 4 heterocycles. The van der Waals surface area contributed by atoms with Crippen LogP contribution in [-0.2, 0) is 24.2 Å². The van der Waals surface area contributed by atoms with Crippen molar-refractivity contribution in [1.29, 1.82) is 0 Å². The molecular formula is C26H18N4O. The van der Waals surface area contributed by atoms with Crippen molar-refractivity contribution >= 4 is 33.8 Å². The minimum atomic E-state index is 0.0298. The van der Waals surface area contributed by atoms with Gasteiger partial charge in [-0.3, -0.25) is 19.8 Å². The number of carbonyl (C=O) groups is 1. The fraction of sp³-hybridized carbons (Fsp3) is 0.115. The van der Waals surface area contributed by atoms with Gasteiger partial charge in [-0.05, 0) is 41.5 Å². The molecule has 0 N–H and O–H groups in total. The molecule has 2 aliphatic rings. The predicted octanol–water partition coefficient (Wildman–Crippen LogP) is 4.42. The summed E-state index contributed by atoms with van der Waals surface area (Å²) in [6.45, 7) is 0.657. The largest absolute Gasteiger partial charge is 0.292 e. The van der Waals surface area contributed by atoms with Crippen molar-refractivity contribution in [3.63, 3.8) is 0 Å². The van der Waals surface area contributed by atoms with Gasteiger partial charge >= 0.3 is 0 Å². The first-order chi connectivity index (χ1) is 15.2. The first kappa shape index (κ1) is 17.8. The van der Waals surface area contributed by atoms with Crippen LogP contribution in [0.25, 0.3) is 10.9 Å². The highest BCUT2D eigenvalue weighted by atomic mass is 16.1. The molecule has 5 heteroatoms. The number of carbonyl (C=O) groups excluding carboxylic acids is 1. The summed E-state index contributed by atoms with van der Waals surface area (Å²) >= 11 is 0. The highest BCUT2D eigenvalue weighted by Gasteiger charge is 2.26. The van der Waals surface area contributed by atoms with Gasteiger partial charge in [-0.2, -0.15) is 0 Å². The molecule has 0 bridgehead atoms. The second-order valence-electron chi connectivity index (χ2n) is 7.87. The van der Waals surface area contributed by atoms with Crippen molar-refractivity contribution < 1.29 is 4.79 Å². The van der Waals surface area contributed by atoms with Crippen LogP contribution in [-0.4, -0.2) is 27.2 Å². The van der Waals surface area contributed by atoms with Crippen LogP contribution < -0.4 is 0 Å². The van der Waals surface area contributed by atoms with Gasteiger partial charge in [-0.15, -0.1) is 0 Å². The molecule has 0 fully saturated rings. The predicted molar refractivity (Wildman–Crippen MR) is 121 cm³/mol. The van der Waals surface area contributed by atoms with Crippen LogP contribution in [0.1, 0.15) is 27.9 Å². The van der Waals surface area contributed by atoms with E-state index in [9.17, 15) is 4.79 Å². The van der Waals surface area contributed by atoms with Crippen LogP contribution in [0, 0.1) is 0 Å². The smallest absolute Gasteiger partial charge is 0.183 e. The average molecular weight is 402 g/mol. The molecule has 0 atom stereocenters. The number of para-hydroxylation sites is 1. The van der Waals surface area contributed by atoms with Gasteiger partial charge in [0.05, 0.1) is 35.6 Å². The van der Waals surface area contributed by atoms with Gasteiger partial charge in [-0.25, -0.2) is 4.99 Å². The van der Waals surface area contributed by atoms with Gasteiger partial charge in [0.2, 0.25) is 0 Å². The molecule has 0 spiro atoms. The number of nitrogens with zero attached hydrogens (tertiary/aromatic N) is 4. The maximum Gasteiger partial charge on any atom is 0.183 e. The van der Waals surface area contributed by atoms with Gasteiger partial charge in [0.25, 0.3) is 0 Å². The van der Waals surface area contributed by atoms with Crippen molar-refractivity contribution in [2.75, 3.05) is 0 Å². The molecule has 0 radical (unpaired) electrons. The zero-order valence-corrected chi connectivity index (χ0v) is 16.7. The molecule has 0 aliphatic carbocycles. The van der Waals surface area contributed by atoms with Gasteiger partial charge in [0.1, 0.15) is 0 Å². The zero-order chi connectivity index (χ0) is 20.8. The number of hydrogen-bond donors (Lipinski definition) is 0. The lowest BCUT2D eigenvalue weighted by Gasteiger charge is -2.06. The molecule has 0 amide bonds. The lowest BCUT2D eigenvalue weighted by molar-refractivity contribution is -0.112. The van der Waals surface area contributed by atoms with Crippen LogP contribution in [0.2, 0.25) is 0 Å². The number of rotatable bonds is 4. The fourth-order valence-corrected chi connectivity index (χ4v) is 4.29. The number of hydrogen-bond acceptors (Lipinski definition) is 5. The second-order valence-corrected chi connectivity index (χ2v) is 7.87. The number of aromatic nitrogens is 2. The molecule has 2 aromatic heterocycles. The average Bonchev–Trinajstić information content (AvgIpc) is 3.41. The Morgan fingerprint density at radius 1 is 0.935 bits per heavy atom. The molecule has 31 heavy (non-hydrogen) atoms. The third-order valence-electron chi connectivity index (χ3n) is 5.85. The highest BCUT2D eigenvalue weighted by Crippen LogP contribution is 2.34. The Balaban J connectivity index is 1.27. The molecular weight excluding hydrogens is 384 g/mol. The summed E-state index contributed by atoms with van der Waals surface area (Å²) in [6, 6.07) is 20.0. The Morgan fingerprint density at radius 2 is 1.81 bits per heavy atom. The van der Waals surface area contributed by atoms with Crippen LogP contribution in [0.15, 0.2) is 83.0 Å². The lowest BCUT2D eigenvalue weighted by Crippen LogP contribution is -2.17. The van der Waals surface area contributed by atoms with E-state index in [-0.39, 0.29) is 12.2 Å². The van der Waals surface area contributed by atoms with Crippen molar-refractivity contribution in [1.82, 2.24) is 9.97 Å². The van der Waals surface area contributed by atoms with E-state index in [0.717, 1.165) is 44.7 Å². The number of ketones is 1. The standard InChI is InChI=1S/C26H18N4O/c31-25(13-20-6-5-16-3-1-2-4-22(16)29-20)24-12-18-11-19-15-28-26(17-7-9-27-10-8-17)21(19)14-23(18)30-24/h1-11,14H,12-13,15H2. The van der Waals surface area contributed by atoms with Gasteiger partial charge in [0.15, 0.2) is 5.78 Å². The normalized spacial score (nSPS) is 14.2. The van der Waals surface area contributed by atoms with Crippen molar-refractivity contribution in [2.45, 2.75) is 19.4 Å². The quantitative estimate of drug-likeness (QED) is 0.507. The summed E-state index contributed by atoms with van der Waals surface area (Å²) < 4.78 is 0. The SMILES string of the molecule is O=C(Cc1ccc2ccccc2n1)C1=Nc2cc3c(cc2C1)CN=C3c1ccncc1. The topological polar surface area (TPSA) is 67.6 Å². The molecule has 6 rings (SSSR count). The van der Waals surface area contributed by atoms with Crippen molar-refractivity contribution in [3.8, 4) is 0 Å². The number of fused-ring (bicyclic) bond motifs is 3. The summed E-state index contributed by atoms with van der Waals surface area (Å²) in [5, 5.41) is 1.07. The van der Waals surface area contributed by atoms with E-state index in [4.69, 9.17) is 4.99 Å². The van der Waals surface area contributed by atoms with E-state index in [1.807, 2.05) is 48.5 Å². The van der Waals surface area contributed by atoms with Crippen molar-refractivity contribution in [3.05, 3.63) is 101 Å². The third-order valence-corrected chi connectivity index (χ3v) is 5.85. The zero-order valence-electron chi connectivity index (χ0n) is 16.7. The maximum atomic E-state index is 13.0. The van der Waals surface area contributed by atoms with Crippen LogP contribution in [0.3, 0.4) is 0 Å². The fourth-order valence-electron chi connectivity index (χ4n) is 4.29. The molecule has 2 aromatic carbocycles. The van der Waals surface area contributed by atoms with E-state index < -0.39 is 0 Å². The van der Waals surface area contributed by atoms with E-state index >= 15 is 0 Å². The first-order valence-electron chi connectivity index (χ1n) is 10.3. The van der Waals surface area contributed by atoms with E-state index in [0.29, 0.717) is 18.7 Å². The van der Waals surface area contributed by atoms with Crippen LogP contribution in [0.4, 0.5) is 5.69 Å². The maximum absolute atomic E-state index is 13.0. The molecule has 0 unspecified atom stereocenters. The lowest BCUT2D eigenvalue weighted by atomic mass is 9.96. The number of aliphatic imine (C=N–C) groups is 2. The van der Waals surface area contributed by atoms with E-state index in [1.54, 1.807) is 12.4 Å².